The van der Waals surface area contributed by atoms with Gasteiger partial charge >= 0.3 is 6.18 Å². The fourth-order valence-corrected chi connectivity index (χ4v) is 2.59. The summed E-state index contributed by atoms with van der Waals surface area (Å²) < 4.78 is 51.6. The molecule has 22 heavy (non-hydrogen) atoms. The summed E-state index contributed by atoms with van der Waals surface area (Å²) in [6, 6.07) is 8.23. The lowest BCUT2D eigenvalue weighted by Crippen LogP contribution is -2.15. The summed E-state index contributed by atoms with van der Waals surface area (Å²) in [5.74, 6) is -3.92. The quantitative estimate of drug-likeness (QED) is 0.589. The minimum absolute atomic E-state index is 0.153. The van der Waals surface area contributed by atoms with E-state index in [1.54, 1.807) is 12.1 Å². The molecule has 0 heterocycles. The summed E-state index contributed by atoms with van der Waals surface area (Å²) in [7, 11) is 0. The van der Waals surface area contributed by atoms with E-state index in [1.807, 2.05) is 0 Å². The minimum atomic E-state index is -4.89. The number of ketones is 2. The van der Waals surface area contributed by atoms with Crippen molar-refractivity contribution in [3.63, 3.8) is 0 Å². The van der Waals surface area contributed by atoms with Crippen LogP contribution in [0.1, 0.15) is 37.8 Å². The van der Waals surface area contributed by atoms with Crippen LogP contribution in [0, 0.1) is 5.82 Å². The molecule has 3 rings (SSSR count). The number of alkyl halides is 3. The number of Topliss-reactive ketones (excluding diaryl/α,β-unsaturated/α-hetero) is 2. The largest absolute Gasteiger partial charge is 0.419 e. The molecule has 0 N–H and O–H groups in total. The van der Waals surface area contributed by atoms with Gasteiger partial charge in [0.05, 0.1) is 5.56 Å². The lowest BCUT2D eigenvalue weighted by Gasteiger charge is -2.12. The third-order valence-electron chi connectivity index (χ3n) is 3.61. The Morgan fingerprint density at radius 3 is 1.91 bits per heavy atom. The van der Waals surface area contributed by atoms with Crippen LogP contribution in [-0.4, -0.2) is 11.6 Å². The van der Waals surface area contributed by atoms with Crippen molar-refractivity contribution in [1.29, 1.82) is 0 Å². The van der Waals surface area contributed by atoms with Gasteiger partial charge in [0.25, 0.3) is 0 Å². The van der Waals surface area contributed by atoms with Crippen molar-refractivity contribution in [3.05, 3.63) is 70.5 Å². The Morgan fingerprint density at radius 2 is 1.41 bits per heavy atom. The van der Waals surface area contributed by atoms with Crippen molar-refractivity contribution >= 4 is 11.6 Å². The summed E-state index contributed by atoms with van der Waals surface area (Å²) in [5.41, 5.74) is -1.28. The Labute approximate surface area is 122 Å². The zero-order valence-corrected chi connectivity index (χ0v) is 10.9. The summed E-state index contributed by atoms with van der Waals surface area (Å²) in [5, 5.41) is 0. The molecule has 2 nitrogen and oxygen atoms in total. The second-order valence-electron chi connectivity index (χ2n) is 4.94. The molecule has 1 aliphatic carbocycles. The van der Waals surface area contributed by atoms with Crippen LogP contribution < -0.4 is 0 Å². The van der Waals surface area contributed by atoms with E-state index in [1.165, 1.54) is 12.1 Å². The van der Waals surface area contributed by atoms with Crippen LogP contribution in [0.5, 0.6) is 0 Å². The Balaban J connectivity index is 2.11. The highest BCUT2D eigenvalue weighted by Crippen LogP contribution is 2.37. The SMILES string of the molecule is O=C1c2ccccc2C(=O)C1c1ccc(F)c(C(F)(F)F)c1. The summed E-state index contributed by atoms with van der Waals surface area (Å²) in [6.07, 6.45) is -4.89. The molecule has 0 atom stereocenters. The van der Waals surface area contributed by atoms with Gasteiger partial charge in [0.15, 0.2) is 11.6 Å². The van der Waals surface area contributed by atoms with Crippen molar-refractivity contribution < 1.29 is 27.2 Å². The fraction of sp³-hybridized carbons (Fsp3) is 0.125. The number of carbonyl (C=O) groups is 2. The van der Waals surface area contributed by atoms with Crippen molar-refractivity contribution in [3.8, 4) is 0 Å². The Morgan fingerprint density at radius 1 is 0.864 bits per heavy atom. The molecule has 0 spiro atoms. The molecule has 2 aromatic rings. The number of hydrogen-bond donors (Lipinski definition) is 0. The van der Waals surface area contributed by atoms with Gasteiger partial charge in [0.2, 0.25) is 0 Å². The molecule has 6 heteroatoms. The van der Waals surface area contributed by atoms with Crippen molar-refractivity contribution in [2.45, 2.75) is 12.1 Å². The smallest absolute Gasteiger partial charge is 0.293 e. The maximum Gasteiger partial charge on any atom is 0.419 e. The van der Waals surface area contributed by atoms with Crippen molar-refractivity contribution in [2.24, 2.45) is 0 Å². The van der Waals surface area contributed by atoms with E-state index in [0.29, 0.717) is 12.1 Å². The highest BCUT2D eigenvalue weighted by Gasteiger charge is 2.41. The standard InChI is InChI=1S/C16H8F4O2/c17-12-6-5-8(7-11(12)16(18,19)20)13-14(21)9-3-1-2-4-10(9)15(13)22/h1-7,13H. The van der Waals surface area contributed by atoms with E-state index in [2.05, 4.69) is 0 Å². The van der Waals surface area contributed by atoms with Gasteiger partial charge in [-0.25, -0.2) is 4.39 Å². The first-order valence-electron chi connectivity index (χ1n) is 6.35. The summed E-state index contributed by atoms with van der Waals surface area (Å²) >= 11 is 0. The lowest BCUT2D eigenvalue weighted by molar-refractivity contribution is -0.140. The van der Waals surface area contributed by atoms with Crippen LogP contribution in [0.15, 0.2) is 42.5 Å². The Bertz CT molecular complexity index is 758. The predicted molar refractivity (Wildman–Crippen MR) is 69.2 cm³/mol. The van der Waals surface area contributed by atoms with Gasteiger partial charge in [0, 0.05) is 11.1 Å². The molecular formula is C16H8F4O2. The number of benzene rings is 2. The van der Waals surface area contributed by atoms with E-state index >= 15 is 0 Å². The molecule has 0 aliphatic heterocycles. The van der Waals surface area contributed by atoms with Crippen LogP contribution in [-0.2, 0) is 6.18 Å². The van der Waals surface area contributed by atoms with Gasteiger partial charge in [-0.1, -0.05) is 30.3 Å². The molecule has 0 bridgehead atoms. The van der Waals surface area contributed by atoms with Gasteiger partial charge in [-0.2, -0.15) is 13.2 Å². The van der Waals surface area contributed by atoms with E-state index in [0.717, 1.165) is 6.07 Å². The lowest BCUT2D eigenvalue weighted by atomic mass is 9.92. The molecule has 0 fully saturated rings. The van der Waals surface area contributed by atoms with Gasteiger partial charge in [-0.15, -0.1) is 0 Å². The van der Waals surface area contributed by atoms with E-state index in [4.69, 9.17) is 0 Å². The molecule has 0 saturated carbocycles. The minimum Gasteiger partial charge on any atom is -0.293 e. The molecular weight excluding hydrogens is 300 g/mol. The highest BCUT2D eigenvalue weighted by atomic mass is 19.4. The molecule has 2 aromatic carbocycles. The second-order valence-corrected chi connectivity index (χ2v) is 4.94. The summed E-state index contributed by atoms with van der Waals surface area (Å²) in [6.45, 7) is 0. The normalized spacial score (nSPS) is 15.3. The Hall–Kier alpha value is -2.50. The van der Waals surface area contributed by atoms with Crippen molar-refractivity contribution in [1.82, 2.24) is 0 Å². The van der Waals surface area contributed by atoms with E-state index in [9.17, 15) is 27.2 Å². The number of hydrogen-bond acceptors (Lipinski definition) is 2. The highest BCUT2D eigenvalue weighted by molar-refractivity contribution is 6.29. The third kappa shape index (κ3) is 2.11. The maximum absolute atomic E-state index is 13.3. The average molecular weight is 308 g/mol. The number of fused-ring (bicyclic) bond motifs is 1. The Kier molecular flexibility index (Phi) is 3.12. The predicted octanol–water partition coefficient (Wildman–Crippen LogP) is 4.01. The molecule has 0 amide bonds. The van der Waals surface area contributed by atoms with Crippen LogP contribution in [0.25, 0.3) is 0 Å². The first-order valence-corrected chi connectivity index (χ1v) is 6.35. The van der Waals surface area contributed by atoms with Gasteiger partial charge in [-0.3, -0.25) is 9.59 Å². The number of rotatable bonds is 1. The maximum atomic E-state index is 13.3. The zero-order valence-electron chi connectivity index (χ0n) is 10.9. The van der Waals surface area contributed by atoms with Crippen LogP contribution >= 0.6 is 0 Å². The first kappa shape index (κ1) is 14.4. The third-order valence-corrected chi connectivity index (χ3v) is 3.61. The van der Waals surface area contributed by atoms with Gasteiger partial charge in [-0.05, 0) is 17.7 Å². The van der Waals surface area contributed by atoms with E-state index < -0.39 is 35.0 Å². The van der Waals surface area contributed by atoms with Gasteiger partial charge in [0.1, 0.15) is 11.7 Å². The molecule has 0 saturated heterocycles. The average Bonchev–Trinajstić information content (AvgIpc) is 2.71. The number of halogens is 4. The zero-order chi connectivity index (χ0) is 16.1. The monoisotopic (exact) mass is 308 g/mol. The van der Waals surface area contributed by atoms with Crippen LogP contribution in [0.4, 0.5) is 17.6 Å². The van der Waals surface area contributed by atoms with Crippen molar-refractivity contribution in [2.75, 3.05) is 0 Å². The van der Waals surface area contributed by atoms with Crippen LogP contribution in [0.3, 0.4) is 0 Å². The number of carbonyl (C=O) groups excluding carboxylic acids is 2. The van der Waals surface area contributed by atoms with E-state index in [-0.39, 0.29) is 16.7 Å². The molecule has 0 aromatic heterocycles. The van der Waals surface area contributed by atoms with Gasteiger partial charge < -0.3 is 0 Å². The first-order chi connectivity index (χ1) is 10.3. The molecule has 0 radical (unpaired) electrons. The second kappa shape index (κ2) is 4.76. The topological polar surface area (TPSA) is 34.1 Å². The summed E-state index contributed by atoms with van der Waals surface area (Å²) in [4.78, 5) is 24.5. The fourth-order valence-electron chi connectivity index (χ4n) is 2.59. The molecule has 0 unspecified atom stereocenters. The van der Waals surface area contributed by atoms with Crippen LogP contribution in [0.2, 0.25) is 0 Å². The molecule has 1 aliphatic rings. The molecule has 112 valence electrons.